The van der Waals surface area contributed by atoms with Crippen LogP contribution in [0.3, 0.4) is 0 Å². The van der Waals surface area contributed by atoms with Crippen LogP contribution in [0.5, 0.6) is 0 Å². The summed E-state index contributed by atoms with van der Waals surface area (Å²) in [4.78, 5) is 24.0. The number of para-hydroxylation sites is 1. The van der Waals surface area contributed by atoms with Crippen molar-refractivity contribution in [3.05, 3.63) is 59.7 Å². The van der Waals surface area contributed by atoms with Crippen LogP contribution in [0.25, 0.3) is 11.4 Å². The largest absolute Gasteiger partial charge is 0.335 e. The smallest absolute Gasteiger partial charge is 0.234 e. The number of nitrogens with zero attached hydrogens (tertiary/aromatic N) is 3. The van der Waals surface area contributed by atoms with E-state index in [-0.39, 0.29) is 22.9 Å². The van der Waals surface area contributed by atoms with E-state index < -0.39 is 0 Å². The van der Waals surface area contributed by atoms with Crippen LogP contribution in [0.2, 0.25) is 0 Å². The van der Waals surface area contributed by atoms with Gasteiger partial charge in [0, 0.05) is 11.1 Å². The van der Waals surface area contributed by atoms with Gasteiger partial charge in [-0.15, -0.1) is 10.2 Å². The van der Waals surface area contributed by atoms with Crippen molar-refractivity contribution in [3.63, 3.8) is 0 Å². The lowest BCUT2D eigenvalue weighted by atomic mass is 9.87. The SMILES string of the molecule is CC(=O)c1ccccc1NC(=O)CSc1nnc(-c2ccc(C(C)(C)C)cc2)n1N. The van der Waals surface area contributed by atoms with Crippen molar-refractivity contribution in [2.75, 3.05) is 16.9 Å². The molecule has 156 valence electrons. The second kappa shape index (κ2) is 8.71. The van der Waals surface area contributed by atoms with Crippen molar-refractivity contribution in [3.8, 4) is 11.4 Å². The Morgan fingerprint density at radius 2 is 1.73 bits per heavy atom. The zero-order valence-corrected chi connectivity index (χ0v) is 18.3. The molecule has 0 aliphatic heterocycles. The summed E-state index contributed by atoms with van der Waals surface area (Å²) in [6.45, 7) is 7.93. The summed E-state index contributed by atoms with van der Waals surface area (Å²) in [5.74, 6) is 6.41. The second-order valence-corrected chi connectivity index (χ2v) is 8.88. The zero-order chi connectivity index (χ0) is 21.9. The van der Waals surface area contributed by atoms with Crippen molar-refractivity contribution in [2.24, 2.45) is 0 Å². The Hall–Kier alpha value is -3.13. The molecule has 1 heterocycles. The van der Waals surface area contributed by atoms with Crippen LogP contribution in [0.1, 0.15) is 43.6 Å². The van der Waals surface area contributed by atoms with Crippen LogP contribution < -0.4 is 11.2 Å². The average Bonchev–Trinajstić information content (AvgIpc) is 3.06. The summed E-state index contributed by atoms with van der Waals surface area (Å²) in [7, 11) is 0. The van der Waals surface area contributed by atoms with E-state index in [1.165, 1.54) is 28.9 Å². The number of carbonyl (C=O) groups is 2. The van der Waals surface area contributed by atoms with Gasteiger partial charge in [-0.1, -0.05) is 68.9 Å². The number of anilines is 1. The number of nitrogens with one attached hydrogen (secondary N) is 1. The molecular formula is C22H25N5O2S. The molecular weight excluding hydrogens is 398 g/mol. The Balaban J connectivity index is 1.67. The van der Waals surface area contributed by atoms with Crippen LogP contribution in [0, 0.1) is 0 Å². The number of hydrogen-bond acceptors (Lipinski definition) is 6. The molecule has 3 aromatic rings. The summed E-state index contributed by atoms with van der Waals surface area (Å²) in [6, 6.07) is 14.9. The van der Waals surface area contributed by atoms with Crippen molar-refractivity contribution in [1.82, 2.24) is 14.9 Å². The maximum atomic E-state index is 12.3. The number of rotatable bonds is 6. The molecule has 0 spiro atoms. The van der Waals surface area contributed by atoms with Gasteiger partial charge >= 0.3 is 0 Å². The summed E-state index contributed by atoms with van der Waals surface area (Å²) in [5.41, 5.74) is 3.09. The predicted molar refractivity (Wildman–Crippen MR) is 120 cm³/mol. The lowest BCUT2D eigenvalue weighted by Gasteiger charge is -2.19. The average molecular weight is 424 g/mol. The molecule has 0 unspecified atom stereocenters. The Labute approximate surface area is 180 Å². The number of thioether (sulfide) groups is 1. The fourth-order valence-electron chi connectivity index (χ4n) is 2.91. The lowest BCUT2D eigenvalue weighted by molar-refractivity contribution is -0.113. The molecule has 30 heavy (non-hydrogen) atoms. The van der Waals surface area contributed by atoms with E-state index in [9.17, 15) is 9.59 Å². The van der Waals surface area contributed by atoms with Gasteiger partial charge in [0.05, 0.1) is 11.4 Å². The fourth-order valence-corrected chi connectivity index (χ4v) is 3.56. The van der Waals surface area contributed by atoms with Crippen molar-refractivity contribution >= 4 is 29.1 Å². The number of Topliss-reactive ketones (excluding diaryl/α,β-unsaturated/α-hetero) is 1. The highest BCUT2D eigenvalue weighted by Gasteiger charge is 2.17. The third-order valence-electron chi connectivity index (χ3n) is 4.59. The van der Waals surface area contributed by atoms with Crippen LogP contribution in [0.4, 0.5) is 5.69 Å². The van der Waals surface area contributed by atoms with E-state index in [4.69, 9.17) is 5.84 Å². The van der Waals surface area contributed by atoms with Crippen LogP contribution in [0.15, 0.2) is 53.7 Å². The fraction of sp³-hybridized carbons (Fsp3) is 0.273. The molecule has 0 atom stereocenters. The topological polar surface area (TPSA) is 103 Å². The quantitative estimate of drug-likeness (QED) is 0.354. The normalized spacial score (nSPS) is 11.3. The van der Waals surface area contributed by atoms with Gasteiger partial charge < -0.3 is 11.2 Å². The molecule has 8 heteroatoms. The van der Waals surface area contributed by atoms with E-state index in [1.54, 1.807) is 24.3 Å². The summed E-state index contributed by atoms with van der Waals surface area (Å²) in [5, 5.41) is 11.5. The Bertz CT molecular complexity index is 1070. The maximum absolute atomic E-state index is 12.3. The number of ketones is 1. The molecule has 0 saturated carbocycles. The number of hydrogen-bond donors (Lipinski definition) is 2. The third-order valence-corrected chi connectivity index (χ3v) is 5.53. The number of amides is 1. The van der Waals surface area contributed by atoms with Gasteiger partial charge in [-0.3, -0.25) is 9.59 Å². The Morgan fingerprint density at radius 3 is 2.37 bits per heavy atom. The molecule has 7 nitrogen and oxygen atoms in total. The standard InChI is InChI=1S/C22H25N5O2S/c1-14(28)17-7-5-6-8-18(17)24-19(29)13-30-21-26-25-20(27(21)23)15-9-11-16(12-10-15)22(2,3)4/h5-12H,13,23H2,1-4H3,(H,24,29). The van der Waals surface area contributed by atoms with Crippen LogP contribution in [-0.4, -0.2) is 32.3 Å². The minimum absolute atomic E-state index is 0.0598. The first-order valence-electron chi connectivity index (χ1n) is 9.51. The van der Waals surface area contributed by atoms with E-state index in [0.29, 0.717) is 22.2 Å². The molecule has 0 aliphatic rings. The first-order chi connectivity index (χ1) is 14.2. The molecule has 0 radical (unpaired) electrons. The summed E-state index contributed by atoms with van der Waals surface area (Å²) >= 11 is 1.18. The number of nitrogen functional groups attached to an aromatic ring is 1. The molecule has 0 aliphatic carbocycles. The molecule has 0 saturated heterocycles. The third kappa shape index (κ3) is 4.88. The molecule has 2 aromatic carbocycles. The van der Waals surface area contributed by atoms with Gasteiger partial charge in [-0.25, -0.2) is 4.68 Å². The van der Waals surface area contributed by atoms with Gasteiger partial charge in [0.2, 0.25) is 11.1 Å². The zero-order valence-electron chi connectivity index (χ0n) is 17.5. The number of carbonyl (C=O) groups excluding carboxylic acids is 2. The lowest BCUT2D eigenvalue weighted by Crippen LogP contribution is -2.17. The van der Waals surface area contributed by atoms with E-state index in [1.807, 2.05) is 12.1 Å². The highest BCUT2D eigenvalue weighted by molar-refractivity contribution is 7.99. The first kappa shape index (κ1) is 21.6. The molecule has 3 N–H and O–H groups in total. The second-order valence-electron chi connectivity index (χ2n) is 7.94. The van der Waals surface area contributed by atoms with E-state index in [2.05, 4.69) is 48.4 Å². The minimum atomic E-state index is -0.257. The highest BCUT2D eigenvalue weighted by atomic mass is 32.2. The van der Waals surface area contributed by atoms with Gasteiger partial charge in [-0.2, -0.15) is 0 Å². The van der Waals surface area contributed by atoms with E-state index in [0.717, 1.165) is 5.56 Å². The molecule has 0 fully saturated rings. The van der Waals surface area contributed by atoms with Gasteiger partial charge in [0.15, 0.2) is 11.6 Å². The highest BCUT2D eigenvalue weighted by Crippen LogP contribution is 2.26. The summed E-state index contributed by atoms with van der Waals surface area (Å²) in [6.07, 6.45) is 0. The van der Waals surface area contributed by atoms with Gasteiger partial charge in [0.25, 0.3) is 0 Å². The van der Waals surface area contributed by atoms with Crippen molar-refractivity contribution in [2.45, 2.75) is 38.3 Å². The van der Waals surface area contributed by atoms with E-state index >= 15 is 0 Å². The van der Waals surface area contributed by atoms with Crippen molar-refractivity contribution in [1.29, 1.82) is 0 Å². The van der Waals surface area contributed by atoms with Crippen molar-refractivity contribution < 1.29 is 9.59 Å². The van der Waals surface area contributed by atoms with Gasteiger partial charge in [-0.05, 0) is 30.0 Å². The van der Waals surface area contributed by atoms with Gasteiger partial charge in [0.1, 0.15) is 0 Å². The van der Waals surface area contributed by atoms with Crippen LogP contribution in [-0.2, 0) is 10.2 Å². The number of aromatic nitrogens is 3. The molecule has 1 aromatic heterocycles. The minimum Gasteiger partial charge on any atom is -0.335 e. The number of benzene rings is 2. The maximum Gasteiger partial charge on any atom is 0.234 e. The number of nitrogens with two attached hydrogens (primary N) is 1. The monoisotopic (exact) mass is 423 g/mol. The predicted octanol–water partition coefficient (Wildman–Crippen LogP) is 3.89. The molecule has 3 rings (SSSR count). The molecule has 1 amide bonds. The summed E-state index contributed by atoms with van der Waals surface area (Å²) < 4.78 is 1.38. The Kier molecular flexibility index (Phi) is 6.26. The molecule has 0 bridgehead atoms. The van der Waals surface area contributed by atoms with Crippen LogP contribution >= 0.6 is 11.8 Å². The first-order valence-corrected chi connectivity index (χ1v) is 10.5. The Morgan fingerprint density at radius 1 is 1.07 bits per heavy atom.